The fraction of sp³-hybridized carbons (Fsp3) is 0.136. The molecule has 28 heavy (non-hydrogen) atoms. The van der Waals surface area contributed by atoms with Gasteiger partial charge in [0.1, 0.15) is 11.4 Å². The van der Waals surface area contributed by atoms with Gasteiger partial charge >= 0.3 is 0 Å². The predicted molar refractivity (Wildman–Crippen MR) is 108 cm³/mol. The van der Waals surface area contributed by atoms with Gasteiger partial charge in [-0.15, -0.1) is 0 Å². The van der Waals surface area contributed by atoms with Crippen molar-refractivity contribution in [3.8, 4) is 5.75 Å². The van der Waals surface area contributed by atoms with Crippen LogP contribution in [0.15, 0.2) is 71.7 Å². The second kappa shape index (κ2) is 7.52. The van der Waals surface area contributed by atoms with Crippen LogP contribution in [0, 0.1) is 0 Å². The van der Waals surface area contributed by atoms with E-state index in [1.165, 1.54) is 10.6 Å². The summed E-state index contributed by atoms with van der Waals surface area (Å²) in [5.41, 5.74) is 2.28. The average molecular weight is 373 g/mol. The van der Waals surface area contributed by atoms with E-state index in [4.69, 9.17) is 4.74 Å². The normalized spacial score (nSPS) is 10.9. The van der Waals surface area contributed by atoms with E-state index in [9.17, 15) is 9.59 Å². The lowest BCUT2D eigenvalue weighted by Gasteiger charge is -2.09. The number of nitrogens with zero attached hydrogens (tertiary/aromatic N) is 2. The molecule has 6 nitrogen and oxygen atoms in total. The summed E-state index contributed by atoms with van der Waals surface area (Å²) >= 11 is 0. The van der Waals surface area contributed by atoms with Crippen molar-refractivity contribution in [1.82, 2.24) is 14.7 Å². The molecule has 0 aliphatic carbocycles. The maximum atomic E-state index is 12.7. The molecular weight excluding hydrogens is 354 g/mol. The van der Waals surface area contributed by atoms with Crippen molar-refractivity contribution < 1.29 is 9.53 Å². The molecule has 0 radical (unpaired) electrons. The monoisotopic (exact) mass is 373 g/mol. The third kappa shape index (κ3) is 3.44. The van der Waals surface area contributed by atoms with Gasteiger partial charge in [-0.25, -0.2) is 4.98 Å². The van der Waals surface area contributed by atoms with Gasteiger partial charge in [0, 0.05) is 12.7 Å². The van der Waals surface area contributed by atoms with E-state index in [2.05, 4.69) is 10.3 Å². The number of hydrogen-bond acceptors (Lipinski definition) is 4. The summed E-state index contributed by atoms with van der Waals surface area (Å²) in [5, 5.41) is 3.39. The van der Waals surface area contributed by atoms with Crippen molar-refractivity contribution >= 4 is 22.5 Å². The van der Waals surface area contributed by atoms with Crippen molar-refractivity contribution in [2.24, 2.45) is 0 Å². The number of aromatic nitrogens is 2. The van der Waals surface area contributed by atoms with Gasteiger partial charge in [-0.1, -0.05) is 24.3 Å². The molecule has 140 valence electrons. The average Bonchev–Trinajstić information content (AvgIpc) is 2.72. The highest BCUT2D eigenvalue weighted by atomic mass is 16.5. The van der Waals surface area contributed by atoms with E-state index in [1.54, 1.807) is 30.3 Å². The minimum Gasteiger partial charge on any atom is -0.494 e. The molecule has 2 heterocycles. The van der Waals surface area contributed by atoms with E-state index in [-0.39, 0.29) is 11.5 Å². The highest BCUT2D eigenvalue weighted by molar-refractivity contribution is 5.94. The first kappa shape index (κ1) is 17.7. The highest BCUT2D eigenvalue weighted by Crippen LogP contribution is 2.14. The van der Waals surface area contributed by atoms with E-state index >= 15 is 0 Å². The minimum absolute atomic E-state index is 0.195. The number of nitrogens with one attached hydrogen (secondary N) is 1. The molecule has 0 spiro atoms. The molecule has 0 aliphatic heterocycles. The van der Waals surface area contributed by atoms with Crippen LogP contribution in [0.5, 0.6) is 5.75 Å². The third-order valence-electron chi connectivity index (χ3n) is 4.44. The first-order valence-electron chi connectivity index (χ1n) is 9.07. The van der Waals surface area contributed by atoms with Crippen LogP contribution in [0.2, 0.25) is 0 Å². The van der Waals surface area contributed by atoms with Gasteiger partial charge in [0.25, 0.3) is 11.5 Å². The van der Waals surface area contributed by atoms with Crippen LogP contribution in [0.4, 0.5) is 0 Å². The number of ether oxygens (including phenoxy) is 1. The summed E-state index contributed by atoms with van der Waals surface area (Å²) in [6.45, 7) is 2.88. The van der Waals surface area contributed by atoms with Gasteiger partial charge in [0.05, 0.1) is 23.1 Å². The predicted octanol–water partition coefficient (Wildman–Crippen LogP) is 3.18. The summed E-state index contributed by atoms with van der Waals surface area (Å²) in [6, 6.07) is 18.1. The Labute approximate surface area is 161 Å². The van der Waals surface area contributed by atoms with Crippen molar-refractivity contribution in [2.45, 2.75) is 13.5 Å². The van der Waals surface area contributed by atoms with Gasteiger partial charge in [-0.3, -0.25) is 14.0 Å². The summed E-state index contributed by atoms with van der Waals surface area (Å²) in [5.74, 6) is 0.508. The number of amides is 1. The molecular formula is C22H19N3O3. The van der Waals surface area contributed by atoms with Gasteiger partial charge in [-0.2, -0.15) is 0 Å². The highest BCUT2D eigenvalue weighted by Gasteiger charge is 2.10. The van der Waals surface area contributed by atoms with Crippen molar-refractivity contribution in [2.75, 3.05) is 6.61 Å². The Morgan fingerprint density at radius 3 is 2.82 bits per heavy atom. The Kier molecular flexibility index (Phi) is 4.76. The van der Waals surface area contributed by atoms with E-state index in [0.29, 0.717) is 35.3 Å². The van der Waals surface area contributed by atoms with Gasteiger partial charge in [0.15, 0.2) is 0 Å². The number of fused-ring (bicyclic) bond motifs is 2. The Hall–Kier alpha value is -3.67. The molecule has 4 aromatic rings. The Morgan fingerprint density at radius 1 is 1.11 bits per heavy atom. The van der Waals surface area contributed by atoms with Crippen LogP contribution >= 0.6 is 0 Å². The molecule has 2 aromatic carbocycles. The van der Waals surface area contributed by atoms with Crippen LogP contribution in [-0.4, -0.2) is 21.9 Å². The van der Waals surface area contributed by atoms with Crippen molar-refractivity contribution in [3.63, 3.8) is 0 Å². The Bertz CT molecular complexity index is 1230. The second-order valence-electron chi connectivity index (χ2n) is 6.34. The number of hydrogen-bond donors (Lipinski definition) is 1. The lowest BCUT2D eigenvalue weighted by atomic mass is 10.2. The zero-order valence-corrected chi connectivity index (χ0v) is 15.4. The number of benzene rings is 2. The lowest BCUT2D eigenvalue weighted by Crippen LogP contribution is -2.24. The first-order chi connectivity index (χ1) is 13.7. The first-order valence-corrected chi connectivity index (χ1v) is 9.07. The van der Waals surface area contributed by atoms with Crippen molar-refractivity contribution in [3.05, 3.63) is 88.3 Å². The molecule has 0 bridgehead atoms. The molecule has 0 aliphatic rings. The SMILES string of the molecule is CCOc1cccc(CNC(=O)c2ccc3nc4ccccc4c(=O)n3c2)c1. The number of carbonyl (C=O) groups is 1. The molecule has 1 N–H and O–H groups in total. The number of para-hydroxylation sites is 1. The molecule has 2 aromatic heterocycles. The van der Waals surface area contributed by atoms with Crippen molar-refractivity contribution in [1.29, 1.82) is 0 Å². The molecule has 1 amide bonds. The second-order valence-corrected chi connectivity index (χ2v) is 6.34. The zero-order chi connectivity index (χ0) is 19.5. The Morgan fingerprint density at radius 2 is 1.96 bits per heavy atom. The summed E-state index contributed by atoms with van der Waals surface area (Å²) < 4.78 is 6.89. The van der Waals surface area contributed by atoms with E-state index < -0.39 is 0 Å². The van der Waals surface area contributed by atoms with Crippen LogP contribution in [-0.2, 0) is 6.54 Å². The largest absolute Gasteiger partial charge is 0.494 e. The molecule has 0 unspecified atom stereocenters. The maximum Gasteiger partial charge on any atom is 0.265 e. The summed E-state index contributed by atoms with van der Waals surface area (Å²) in [7, 11) is 0. The van der Waals surface area contributed by atoms with E-state index in [0.717, 1.165) is 11.3 Å². The smallest absolute Gasteiger partial charge is 0.265 e. The summed E-state index contributed by atoms with van der Waals surface area (Å²) in [6.07, 6.45) is 1.53. The van der Waals surface area contributed by atoms with Gasteiger partial charge in [-0.05, 0) is 48.9 Å². The summed E-state index contributed by atoms with van der Waals surface area (Å²) in [4.78, 5) is 29.8. The zero-order valence-electron chi connectivity index (χ0n) is 15.4. The topological polar surface area (TPSA) is 72.7 Å². The van der Waals surface area contributed by atoms with Gasteiger partial charge in [0.2, 0.25) is 0 Å². The molecule has 6 heteroatoms. The molecule has 4 rings (SSSR count). The Balaban J connectivity index is 1.59. The van der Waals surface area contributed by atoms with Gasteiger partial charge < -0.3 is 10.1 Å². The standard InChI is InChI=1S/C22H19N3O3/c1-2-28-17-7-5-6-15(12-17)13-23-21(26)16-10-11-20-24-19-9-4-3-8-18(19)22(27)25(20)14-16/h3-12,14H,2,13H2,1H3,(H,23,26). The molecule has 0 saturated heterocycles. The fourth-order valence-electron chi connectivity index (χ4n) is 3.08. The third-order valence-corrected chi connectivity index (χ3v) is 4.44. The van der Waals surface area contributed by atoms with Crippen LogP contribution in [0.25, 0.3) is 16.6 Å². The maximum absolute atomic E-state index is 12.7. The van der Waals surface area contributed by atoms with Crippen LogP contribution < -0.4 is 15.6 Å². The van der Waals surface area contributed by atoms with Crippen LogP contribution in [0.1, 0.15) is 22.8 Å². The van der Waals surface area contributed by atoms with E-state index in [1.807, 2.05) is 37.3 Å². The lowest BCUT2D eigenvalue weighted by molar-refractivity contribution is 0.0950. The fourth-order valence-corrected chi connectivity index (χ4v) is 3.08. The molecule has 0 fully saturated rings. The van der Waals surface area contributed by atoms with Crippen LogP contribution in [0.3, 0.4) is 0 Å². The number of rotatable bonds is 5. The minimum atomic E-state index is -0.260. The quantitative estimate of drug-likeness (QED) is 0.546. The molecule has 0 saturated carbocycles. The molecule has 0 atom stereocenters. The number of carbonyl (C=O) groups excluding carboxylic acids is 1. The number of pyridine rings is 1.